The lowest BCUT2D eigenvalue weighted by atomic mass is 10.2. The van der Waals surface area contributed by atoms with E-state index in [0.29, 0.717) is 5.56 Å². The van der Waals surface area contributed by atoms with Crippen LogP contribution >= 0.6 is 23.2 Å². The number of hydrogen-bond donors (Lipinski definition) is 1. The molecule has 1 N–H and O–H groups in total. The van der Waals surface area contributed by atoms with E-state index in [1.165, 1.54) is 36.4 Å². The predicted molar refractivity (Wildman–Crippen MR) is 91.6 cm³/mol. The lowest BCUT2D eigenvalue weighted by Crippen LogP contribution is -2.14. The van der Waals surface area contributed by atoms with E-state index in [0.717, 1.165) is 6.26 Å². The molecule has 5 nitrogen and oxygen atoms in total. The van der Waals surface area contributed by atoms with Crippen LogP contribution in [0.4, 0.5) is 5.69 Å². The van der Waals surface area contributed by atoms with Crippen LogP contribution in [0, 0.1) is 6.92 Å². The largest absolute Gasteiger partial charge is 0.279 e. The molecule has 0 unspecified atom stereocenters. The number of rotatable bonds is 4. The fourth-order valence-electron chi connectivity index (χ4n) is 1.79. The summed E-state index contributed by atoms with van der Waals surface area (Å²) < 4.78 is 50.4. The molecule has 0 aliphatic heterocycles. The Morgan fingerprint density at radius 3 is 2.04 bits per heavy atom. The highest BCUT2D eigenvalue weighted by molar-refractivity contribution is 7.92. The third kappa shape index (κ3) is 4.17. The molecule has 0 aliphatic rings. The molecule has 2 aromatic rings. The highest BCUT2D eigenvalue weighted by Crippen LogP contribution is 2.27. The van der Waals surface area contributed by atoms with Gasteiger partial charge in [0.05, 0.1) is 25.5 Å². The van der Waals surface area contributed by atoms with Crippen LogP contribution in [0.5, 0.6) is 0 Å². The lowest BCUT2D eigenvalue weighted by Gasteiger charge is -2.12. The van der Waals surface area contributed by atoms with E-state index in [-0.39, 0.29) is 25.5 Å². The highest BCUT2D eigenvalue weighted by atomic mass is 35.5. The van der Waals surface area contributed by atoms with Gasteiger partial charge >= 0.3 is 0 Å². The fourth-order valence-corrected chi connectivity index (χ4v) is 3.95. The van der Waals surface area contributed by atoms with E-state index in [9.17, 15) is 16.8 Å². The quantitative estimate of drug-likeness (QED) is 0.861. The zero-order chi connectivity index (χ0) is 17.4. The minimum Gasteiger partial charge on any atom is -0.279 e. The summed E-state index contributed by atoms with van der Waals surface area (Å²) in [4.78, 5) is -0.0500. The molecule has 2 rings (SSSR count). The SMILES string of the molecule is Cc1ccc(S(C)(=O)=O)cc1NS(=O)(=O)c1ccc(Cl)c(Cl)c1. The summed E-state index contributed by atoms with van der Waals surface area (Å²) in [6.07, 6.45) is 1.05. The van der Waals surface area contributed by atoms with Gasteiger partial charge in [-0.05, 0) is 42.8 Å². The van der Waals surface area contributed by atoms with Crippen molar-refractivity contribution in [2.45, 2.75) is 16.7 Å². The molecular weight excluding hydrogens is 381 g/mol. The first-order valence-corrected chi connectivity index (χ1v) is 10.4. The van der Waals surface area contributed by atoms with Gasteiger partial charge in [-0.1, -0.05) is 29.3 Å². The molecule has 0 heterocycles. The second-order valence-corrected chi connectivity index (χ2v) is 9.44. The molecular formula is C14H13Cl2NO4S2. The van der Waals surface area contributed by atoms with Crippen molar-refractivity contribution in [1.29, 1.82) is 0 Å². The smallest absolute Gasteiger partial charge is 0.261 e. The van der Waals surface area contributed by atoms with Crippen molar-refractivity contribution in [1.82, 2.24) is 0 Å². The van der Waals surface area contributed by atoms with Gasteiger partial charge in [0.25, 0.3) is 10.0 Å². The van der Waals surface area contributed by atoms with Crippen molar-refractivity contribution in [3.63, 3.8) is 0 Å². The normalized spacial score (nSPS) is 12.2. The van der Waals surface area contributed by atoms with Gasteiger partial charge in [-0.2, -0.15) is 0 Å². The van der Waals surface area contributed by atoms with Crippen LogP contribution in [-0.2, 0) is 19.9 Å². The molecule has 9 heteroatoms. The maximum atomic E-state index is 12.4. The summed E-state index contributed by atoms with van der Waals surface area (Å²) >= 11 is 11.6. The predicted octanol–water partition coefficient (Wildman–Crippen LogP) is 3.51. The second kappa shape index (κ2) is 6.32. The molecule has 124 valence electrons. The summed E-state index contributed by atoms with van der Waals surface area (Å²) in [5.74, 6) is 0. The number of hydrogen-bond acceptors (Lipinski definition) is 4. The molecule has 0 saturated carbocycles. The lowest BCUT2D eigenvalue weighted by molar-refractivity contribution is 0.599. The van der Waals surface area contributed by atoms with Crippen molar-refractivity contribution in [3.8, 4) is 0 Å². The van der Waals surface area contributed by atoms with Crippen LogP contribution in [0.3, 0.4) is 0 Å². The number of halogens is 2. The van der Waals surface area contributed by atoms with E-state index in [4.69, 9.17) is 23.2 Å². The number of sulfone groups is 1. The van der Waals surface area contributed by atoms with Gasteiger partial charge in [-0.25, -0.2) is 16.8 Å². The summed E-state index contributed by atoms with van der Waals surface area (Å²) in [6.45, 7) is 1.67. The first-order valence-electron chi connectivity index (χ1n) is 6.29. The second-order valence-electron chi connectivity index (χ2n) is 4.93. The number of benzene rings is 2. The third-order valence-electron chi connectivity index (χ3n) is 3.08. The molecule has 0 atom stereocenters. The number of nitrogens with one attached hydrogen (secondary N) is 1. The Morgan fingerprint density at radius 1 is 0.870 bits per heavy atom. The monoisotopic (exact) mass is 393 g/mol. The van der Waals surface area contributed by atoms with E-state index < -0.39 is 19.9 Å². The zero-order valence-electron chi connectivity index (χ0n) is 12.2. The van der Waals surface area contributed by atoms with E-state index in [1.54, 1.807) is 6.92 Å². The van der Waals surface area contributed by atoms with Crippen LogP contribution in [0.15, 0.2) is 46.2 Å². The Balaban J connectivity index is 2.46. The molecule has 0 aliphatic carbocycles. The van der Waals surface area contributed by atoms with Crippen molar-refractivity contribution in [2.24, 2.45) is 0 Å². The molecule has 2 aromatic carbocycles. The topological polar surface area (TPSA) is 80.3 Å². The van der Waals surface area contributed by atoms with E-state index in [1.807, 2.05) is 0 Å². The minimum atomic E-state index is -3.93. The summed E-state index contributed by atoms with van der Waals surface area (Å²) in [5.41, 5.74) is 0.764. The van der Waals surface area contributed by atoms with E-state index in [2.05, 4.69) is 4.72 Å². The Hall–Kier alpha value is -1.28. The van der Waals surface area contributed by atoms with Gasteiger partial charge in [0, 0.05) is 6.26 Å². The Bertz CT molecular complexity index is 970. The number of aryl methyl sites for hydroxylation is 1. The van der Waals surface area contributed by atoms with Crippen molar-refractivity contribution in [2.75, 3.05) is 11.0 Å². The van der Waals surface area contributed by atoms with Crippen LogP contribution in [0.2, 0.25) is 10.0 Å². The van der Waals surface area contributed by atoms with Gasteiger partial charge in [0.2, 0.25) is 0 Å². The van der Waals surface area contributed by atoms with Gasteiger partial charge in [0.15, 0.2) is 9.84 Å². The standard InChI is InChI=1S/C14H13Cl2NO4S2/c1-9-3-4-10(22(2,18)19)8-14(9)17-23(20,21)11-5-6-12(15)13(16)7-11/h3-8,17H,1-2H3. The summed E-state index contributed by atoms with van der Waals surface area (Å²) in [5, 5.41) is 0.344. The molecule has 0 spiro atoms. The maximum absolute atomic E-state index is 12.4. The number of anilines is 1. The van der Waals surface area contributed by atoms with Crippen LogP contribution in [-0.4, -0.2) is 23.1 Å². The van der Waals surface area contributed by atoms with Crippen molar-refractivity contribution >= 4 is 48.7 Å². The van der Waals surface area contributed by atoms with Crippen molar-refractivity contribution < 1.29 is 16.8 Å². The Labute approximate surface area is 145 Å². The Kier molecular flexibility index (Phi) is 4.96. The summed E-state index contributed by atoms with van der Waals surface area (Å²) in [7, 11) is -7.37. The third-order valence-corrected chi connectivity index (χ3v) is 6.30. The number of sulfonamides is 1. The van der Waals surface area contributed by atoms with Gasteiger partial charge in [-0.15, -0.1) is 0 Å². The van der Waals surface area contributed by atoms with Crippen LogP contribution < -0.4 is 4.72 Å². The Morgan fingerprint density at radius 2 is 1.48 bits per heavy atom. The fraction of sp³-hybridized carbons (Fsp3) is 0.143. The maximum Gasteiger partial charge on any atom is 0.261 e. The molecule has 0 fully saturated rings. The molecule has 0 bridgehead atoms. The minimum absolute atomic E-state index is 0.0231. The summed E-state index contributed by atoms with van der Waals surface area (Å²) in [6, 6.07) is 8.14. The molecule has 0 amide bonds. The van der Waals surface area contributed by atoms with Crippen LogP contribution in [0.1, 0.15) is 5.56 Å². The molecule has 0 saturated heterocycles. The highest BCUT2D eigenvalue weighted by Gasteiger charge is 2.18. The van der Waals surface area contributed by atoms with Gasteiger partial charge < -0.3 is 0 Å². The molecule has 23 heavy (non-hydrogen) atoms. The van der Waals surface area contributed by atoms with Crippen molar-refractivity contribution in [3.05, 3.63) is 52.0 Å². The first kappa shape index (κ1) is 18.1. The average Bonchev–Trinajstić information content (AvgIpc) is 2.42. The van der Waals surface area contributed by atoms with Crippen LogP contribution in [0.25, 0.3) is 0 Å². The van der Waals surface area contributed by atoms with Gasteiger partial charge in [-0.3, -0.25) is 4.72 Å². The molecule has 0 aromatic heterocycles. The zero-order valence-corrected chi connectivity index (χ0v) is 15.3. The average molecular weight is 394 g/mol. The molecule has 0 radical (unpaired) electrons. The van der Waals surface area contributed by atoms with E-state index >= 15 is 0 Å². The first-order chi connectivity index (χ1) is 10.5. The van der Waals surface area contributed by atoms with Gasteiger partial charge in [0.1, 0.15) is 0 Å².